The van der Waals surface area contributed by atoms with Gasteiger partial charge in [-0.05, 0) is 37.0 Å². The van der Waals surface area contributed by atoms with Crippen molar-refractivity contribution in [1.82, 2.24) is 10.2 Å². The SMILES string of the molecule is CCNC(=O)CC1=CSC2=NC(C)=C(C(=O)OCCOC)[C@H](c3ccc(F)cc3)N12. The van der Waals surface area contributed by atoms with Gasteiger partial charge in [-0.1, -0.05) is 23.9 Å². The summed E-state index contributed by atoms with van der Waals surface area (Å²) in [5.41, 5.74) is 2.30. The van der Waals surface area contributed by atoms with Crippen LogP contribution >= 0.6 is 11.8 Å². The topological polar surface area (TPSA) is 80.2 Å². The van der Waals surface area contributed by atoms with Crippen molar-refractivity contribution in [2.75, 3.05) is 26.9 Å². The normalized spacial score (nSPS) is 18.0. The molecular weight excluding hydrogens is 409 g/mol. The highest BCUT2D eigenvalue weighted by Crippen LogP contribution is 2.44. The zero-order valence-corrected chi connectivity index (χ0v) is 17.9. The van der Waals surface area contributed by atoms with Crippen LogP contribution in [0.4, 0.5) is 4.39 Å². The highest BCUT2D eigenvalue weighted by molar-refractivity contribution is 8.16. The number of allylic oxidation sites excluding steroid dienone is 1. The highest BCUT2D eigenvalue weighted by atomic mass is 32.2. The molecule has 0 saturated heterocycles. The smallest absolute Gasteiger partial charge is 0.338 e. The summed E-state index contributed by atoms with van der Waals surface area (Å²) in [7, 11) is 1.52. The molecule has 1 amide bonds. The molecule has 1 atom stereocenters. The zero-order valence-electron chi connectivity index (χ0n) is 17.1. The maximum Gasteiger partial charge on any atom is 0.338 e. The number of amides is 1. The number of methoxy groups -OCH3 is 1. The van der Waals surface area contributed by atoms with Crippen molar-refractivity contribution in [1.29, 1.82) is 0 Å². The van der Waals surface area contributed by atoms with E-state index in [1.807, 2.05) is 17.2 Å². The number of amidine groups is 1. The number of thioether (sulfide) groups is 1. The third kappa shape index (κ3) is 4.73. The minimum Gasteiger partial charge on any atom is -0.460 e. The summed E-state index contributed by atoms with van der Waals surface area (Å²) in [5.74, 6) is -1.02. The first-order valence-corrected chi connectivity index (χ1v) is 10.5. The molecule has 0 aromatic heterocycles. The van der Waals surface area contributed by atoms with E-state index in [0.29, 0.717) is 34.2 Å². The lowest BCUT2D eigenvalue weighted by Gasteiger charge is -2.36. The number of aliphatic imine (C=N–C) groups is 1. The molecular formula is C21H24FN3O4S. The van der Waals surface area contributed by atoms with Gasteiger partial charge >= 0.3 is 5.97 Å². The maximum atomic E-state index is 13.6. The number of nitrogens with one attached hydrogen (secondary N) is 1. The van der Waals surface area contributed by atoms with Gasteiger partial charge in [0.25, 0.3) is 0 Å². The molecule has 3 rings (SSSR count). The van der Waals surface area contributed by atoms with Gasteiger partial charge in [-0.2, -0.15) is 0 Å². The number of rotatable bonds is 8. The van der Waals surface area contributed by atoms with Crippen molar-refractivity contribution in [3.8, 4) is 0 Å². The van der Waals surface area contributed by atoms with Crippen LogP contribution in [0.15, 0.2) is 51.6 Å². The number of fused-ring (bicyclic) bond motifs is 1. The van der Waals surface area contributed by atoms with Crippen LogP contribution in [-0.4, -0.2) is 48.8 Å². The Balaban J connectivity index is 1.99. The maximum absolute atomic E-state index is 13.6. The molecule has 1 N–H and O–H groups in total. The quantitative estimate of drug-likeness (QED) is 0.501. The van der Waals surface area contributed by atoms with Crippen molar-refractivity contribution >= 4 is 28.8 Å². The van der Waals surface area contributed by atoms with Gasteiger partial charge in [-0.15, -0.1) is 0 Å². The molecule has 1 aromatic carbocycles. The van der Waals surface area contributed by atoms with Crippen LogP contribution in [0.3, 0.4) is 0 Å². The standard InChI is InChI=1S/C21H24FN3O4S/c1-4-23-17(26)11-16-12-30-21-24-13(2)18(20(27)29-10-9-28-3)19(25(16)21)14-5-7-15(22)8-6-14/h5-8,12,19H,4,9-11H2,1-3H3,(H,23,26)/t19-/m0/s1. The second-order valence-corrected chi connectivity index (χ2v) is 7.54. The van der Waals surface area contributed by atoms with Gasteiger partial charge in [0, 0.05) is 19.4 Å². The van der Waals surface area contributed by atoms with E-state index < -0.39 is 12.0 Å². The Kier molecular flexibility index (Phi) is 7.28. The first kappa shape index (κ1) is 22.0. The fourth-order valence-electron chi connectivity index (χ4n) is 3.31. The van der Waals surface area contributed by atoms with Crippen molar-refractivity contribution < 1.29 is 23.5 Å². The number of benzene rings is 1. The van der Waals surface area contributed by atoms with Crippen molar-refractivity contribution in [2.24, 2.45) is 4.99 Å². The van der Waals surface area contributed by atoms with Crippen molar-refractivity contribution in [3.05, 3.63) is 58.0 Å². The summed E-state index contributed by atoms with van der Waals surface area (Å²) in [5, 5.41) is 5.30. The molecule has 0 radical (unpaired) electrons. The van der Waals surface area contributed by atoms with E-state index in [9.17, 15) is 14.0 Å². The van der Waals surface area contributed by atoms with Crippen LogP contribution in [0.25, 0.3) is 0 Å². The van der Waals surface area contributed by atoms with Gasteiger partial charge in [0.2, 0.25) is 5.91 Å². The van der Waals surface area contributed by atoms with Crippen LogP contribution in [0.2, 0.25) is 0 Å². The van der Waals surface area contributed by atoms with Gasteiger partial charge in [-0.3, -0.25) is 4.79 Å². The van der Waals surface area contributed by atoms with Gasteiger partial charge in [0.15, 0.2) is 5.17 Å². The van der Waals surface area contributed by atoms with Gasteiger partial charge < -0.3 is 19.7 Å². The zero-order chi connectivity index (χ0) is 21.7. The number of carbonyl (C=O) groups excluding carboxylic acids is 2. The van der Waals surface area contributed by atoms with Crippen LogP contribution < -0.4 is 5.32 Å². The summed E-state index contributed by atoms with van der Waals surface area (Å²) in [6.07, 6.45) is 0.141. The summed E-state index contributed by atoms with van der Waals surface area (Å²) < 4.78 is 23.9. The number of hydrogen-bond acceptors (Lipinski definition) is 7. The average Bonchev–Trinajstić information content (AvgIpc) is 3.10. The summed E-state index contributed by atoms with van der Waals surface area (Å²) >= 11 is 1.39. The second-order valence-electron chi connectivity index (χ2n) is 6.70. The lowest BCUT2D eigenvalue weighted by Crippen LogP contribution is -2.38. The van der Waals surface area contributed by atoms with E-state index >= 15 is 0 Å². The molecule has 2 heterocycles. The first-order chi connectivity index (χ1) is 14.5. The average molecular weight is 434 g/mol. The molecule has 0 spiro atoms. The van der Waals surface area contributed by atoms with Crippen LogP contribution in [-0.2, 0) is 19.1 Å². The molecule has 0 aliphatic carbocycles. The lowest BCUT2D eigenvalue weighted by atomic mass is 9.94. The number of carbonyl (C=O) groups is 2. The summed E-state index contributed by atoms with van der Waals surface area (Å²) in [6.45, 7) is 4.50. The second kappa shape index (κ2) is 9.90. The predicted molar refractivity (Wildman–Crippen MR) is 113 cm³/mol. The fourth-order valence-corrected chi connectivity index (χ4v) is 4.28. The molecule has 160 valence electrons. The van der Waals surface area contributed by atoms with E-state index in [0.717, 1.165) is 0 Å². The Hall–Kier alpha value is -2.65. The van der Waals surface area contributed by atoms with E-state index in [4.69, 9.17) is 9.47 Å². The molecule has 9 heteroatoms. The Bertz CT molecular complexity index is 911. The number of nitrogens with zero attached hydrogens (tertiary/aromatic N) is 2. The summed E-state index contributed by atoms with van der Waals surface area (Å²) in [4.78, 5) is 31.6. The molecule has 0 fully saturated rings. The van der Waals surface area contributed by atoms with E-state index in [-0.39, 0.29) is 31.4 Å². The molecule has 2 aliphatic heterocycles. The monoisotopic (exact) mass is 433 g/mol. The molecule has 0 unspecified atom stereocenters. The molecule has 1 aromatic rings. The number of esters is 1. The largest absolute Gasteiger partial charge is 0.460 e. The highest BCUT2D eigenvalue weighted by Gasteiger charge is 2.41. The Labute approximate surface area is 179 Å². The molecule has 0 bridgehead atoms. The lowest BCUT2D eigenvalue weighted by molar-refractivity contribution is -0.141. The first-order valence-electron chi connectivity index (χ1n) is 9.58. The molecule has 30 heavy (non-hydrogen) atoms. The van der Waals surface area contributed by atoms with Gasteiger partial charge in [0.05, 0.1) is 30.3 Å². The molecule has 0 saturated carbocycles. The molecule has 7 nitrogen and oxygen atoms in total. The number of hydrogen-bond donors (Lipinski definition) is 1. The van der Waals surface area contributed by atoms with Crippen molar-refractivity contribution in [3.63, 3.8) is 0 Å². The van der Waals surface area contributed by atoms with Gasteiger partial charge in [-0.25, -0.2) is 14.2 Å². The Morgan fingerprint density at radius 2 is 2.00 bits per heavy atom. The summed E-state index contributed by atoms with van der Waals surface area (Å²) in [6, 6.07) is 5.38. The third-order valence-corrected chi connectivity index (χ3v) is 5.53. The van der Waals surface area contributed by atoms with Crippen molar-refractivity contribution in [2.45, 2.75) is 26.3 Å². The molecule has 2 aliphatic rings. The number of halogens is 1. The van der Waals surface area contributed by atoms with Gasteiger partial charge in [0.1, 0.15) is 12.4 Å². The third-order valence-electron chi connectivity index (χ3n) is 4.64. The minimum atomic E-state index is -0.580. The van der Waals surface area contributed by atoms with Crippen LogP contribution in [0.1, 0.15) is 31.9 Å². The van der Waals surface area contributed by atoms with E-state index in [2.05, 4.69) is 10.3 Å². The minimum absolute atomic E-state index is 0.106. The van der Waals surface area contributed by atoms with Crippen LogP contribution in [0, 0.1) is 5.82 Å². The van der Waals surface area contributed by atoms with Crippen LogP contribution in [0.5, 0.6) is 0 Å². The van der Waals surface area contributed by atoms with E-state index in [1.54, 1.807) is 19.1 Å². The number of ether oxygens (including phenoxy) is 2. The predicted octanol–water partition coefficient (Wildman–Crippen LogP) is 3.12. The van der Waals surface area contributed by atoms with E-state index in [1.165, 1.54) is 31.0 Å². The fraction of sp³-hybridized carbons (Fsp3) is 0.381. The Morgan fingerprint density at radius 3 is 2.67 bits per heavy atom. The Morgan fingerprint density at radius 1 is 1.27 bits per heavy atom.